The maximum Gasteiger partial charge on any atom is 0.257 e. The van der Waals surface area contributed by atoms with Crippen LogP contribution in [-0.4, -0.2) is 41.3 Å². The number of rotatable bonds is 8. The fraction of sp³-hybridized carbons (Fsp3) is 0.581. The van der Waals surface area contributed by atoms with E-state index in [-0.39, 0.29) is 17.9 Å². The van der Waals surface area contributed by atoms with Crippen LogP contribution in [0, 0.1) is 11.8 Å². The van der Waals surface area contributed by atoms with Crippen LogP contribution >= 0.6 is 0 Å². The van der Waals surface area contributed by atoms with Crippen LogP contribution < -0.4 is 11.1 Å². The standard InChI is InChI=1S/C31H42N4O2/c1-35-29(37)31(34-30(35)32,17-16-22-8-3-2-4-9-22)21-24-10-7-13-27(19-24)33-28(36)20-23-14-15-25-11-5-6-12-26(25)18-23/h5-6,11-12,14-15,18,22,24,27H,2-4,7-10,13,16-17,19-21H2,1H3,(H2,32,34)(H,33,36)/t24-,27?,31+/m0/s1. The van der Waals surface area contributed by atoms with Crippen molar-refractivity contribution in [2.45, 2.75) is 95.1 Å². The van der Waals surface area contributed by atoms with Gasteiger partial charge in [0.15, 0.2) is 5.96 Å². The van der Waals surface area contributed by atoms with Gasteiger partial charge in [-0.2, -0.15) is 0 Å². The molecule has 1 heterocycles. The van der Waals surface area contributed by atoms with E-state index in [1.807, 2.05) is 18.2 Å². The summed E-state index contributed by atoms with van der Waals surface area (Å²) >= 11 is 0. The normalized spacial score (nSPS) is 26.9. The van der Waals surface area contributed by atoms with E-state index in [2.05, 4.69) is 29.6 Å². The lowest BCUT2D eigenvalue weighted by atomic mass is 9.74. The third-order valence-corrected chi connectivity index (χ3v) is 9.02. The number of carbonyl (C=O) groups is 2. The number of likely N-dealkylation sites (N-methyl/N-ethyl adjacent to an activating group) is 1. The number of carbonyl (C=O) groups excluding carboxylic acids is 2. The number of nitrogens with one attached hydrogen (secondary N) is 1. The first kappa shape index (κ1) is 25.7. The van der Waals surface area contributed by atoms with Gasteiger partial charge in [-0.05, 0) is 60.3 Å². The molecule has 2 aromatic carbocycles. The Bertz CT molecular complexity index is 1150. The van der Waals surface area contributed by atoms with E-state index in [4.69, 9.17) is 10.7 Å². The molecule has 2 amide bonds. The van der Waals surface area contributed by atoms with Gasteiger partial charge in [0, 0.05) is 13.1 Å². The first-order chi connectivity index (χ1) is 17.9. The number of guanidine groups is 1. The molecule has 1 unspecified atom stereocenters. The molecule has 1 aliphatic heterocycles. The molecule has 0 radical (unpaired) electrons. The molecule has 5 rings (SSSR count). The summed E-state index contributed by atoms with van der Waals surface area (Å²) in [5.41, 5.74) is 6.47. The van der Waals surface area contributed by atoms with E-state index in [0.29, 0.717) is 24.2 Å². The predicted octanol–water partition coefficient (Wildman–Crippen LogP) is 5.33. The van der Waals surface area contributed by atoms with E-state index < -0.39 is 5.54 Å². The number of hydrogen-bond donors (Lipinski definition) is 2. The number of aliphatic imine (C=N–C) groups is 1. The number of nitrogens with two attached hydrogens (primary N) is 1. The molecule has 0 saturated heterocycles. The Morgan fingerprint density at radius 1 is 1.03 bits per heavy atom. The lowest BCUT2D eigenvalue weighted by Gasteiger charge is -2.35. The summed E-state index contributed by atoms with van der Waals surface area (Å²) in [7, 11) is 1.75. The maximum atomic E-state index is 13.4. The molecular formula is C31H42N4O2. The highest BCUT2D eigenvalue weighted by Gasteiger charge is 2.48. The molecule has 0 bridgehead atoms. The molecule has 0 spiro atoms. The van der Waals surface area contributed by atoms with Crippen molar-refractivity contribution < 1.29 is 9.59 Å². The van der Waals surface area contributed by atoms with E-state index in [0.717, 1.165) is 55.9 Å². The average Bonchev–Trinajstić information content (AvgIpc) is 3.11. The number of amides is 2. The van der Waals surface area contributed by atoms with Crippen molar-refractivity contribution in [3.63, 3.8) is 0 Å². The number of nitrogens with zero attached hydrogens (tertiary/aromatic N) is 2. The van der Waals surface area contributed by atoms with Crippen molar-refractivity contribution in [1.29, 1.82) is 0 Å². The second-order valence-corrected chi connectivity index (χ2v) is 11.8. The molecular weight excluding hydrogens is 460 g/mol. The first-order valence-corrected chi connectivity index (χ1v) is 14.3. The zero-order valence-electron chi connectivity index (χ0n) is 22.3. The van der Waals surface area contributed by atoms with Gasteiger partial charge >= 0.3 is 0 Å². The zero-order chi connectivity index (χ0) is 25.8. The summed E-state index contributed by atoms with van der Waals surface area (Å²) in [6, 6.07) is 14.6. The summed E-state index contributed by atoms with van der Waals surface area (Å²) in [5.74, 6) is 1.55. The topological polar surface area (TPSA) is 87.8 Å². The molecule has 2 fully saturated rings. The molecule has 2 aliphatic carbocycles. The second kappa shape index (κ2) is 11.2. The monoisotopic (exact) mass is 502 g/mol. The predicted molar refractivity (Wildman–Crippen MR) is 149 cm³/mol. The van der Waals surface area contributed by atoms with Crippen LogP contribution in [0.3, 0.4) is 0 Å². The minimum atomic E-state index is -0.724. The highest BCUT2D eigenvalue weighted by Crippen LogP contribution is 2.40. The molecule has 6 heteroatoms. The molecule has 2 aromatic rings. The van der Waals surface area contributed by atoms with Crippen LogP contribution in [0.1, 0.15) is 82.6 Å². The third-order valence-electron chi connectivity index (χ3n) is 9.02. The van der Waals surface area contributed by atoms with Crippen molar-refractivity contribution in [3.05, 3.63) is 48.0 Å². The Hall–Kier alpha value is -2.89. The quantitative estimate of drug-likeness (QED) is 0.511. The summed E-state index contributed by atoms with van der Waals surface area (Å²) < 4.78 is 0. The Morgan fingerprint density at radius 2 is 1.78 bits per heavy atom. The molecule has 3 aliphatic rings. The zero-order valence-corrected chi connectivity index (χ0v) is 22.3. The lowest BCUT2D eigenvalue weighted by Crippen LogP contribution is -2.45. The van der Waals surface area contributed by atoms with Gasteiger partial charge in [0.1, 0.15) is 5.54 Å². The van der Waals surface area contributed by atoms with Crippen LogP contribution in [0.25, 0.3) is 10.8 Å². The van der Waals surface area contributed by atoms with Crippen molar-refractivity contribution in [2.24, 2.45) is 22.6 Å². The molecule has 3 atom stereocenters. The smallest absolute Gasteiger partial charge is 0.257 e. The highest BCUT2D eigenvalue weighted by atomic mass is 16.2. The average molecular weight is 503 g/mol. The van der Waals surface area contributed by atoms with Gasteiger partial charge < -0.3 is 11.1 Å². The molecule has 6 nitrogen and oxygen atoms in total. The summed E-state index contributed by atoms with van der Waals surface area (Å²) in [6.45, 7) is 0. The van der Waals surface area contributed by atoms with Gasteiger partial charge in [-0.1, -0.05) is 87.4 Å². The van der Waals surface area contributed by atoms with E-state index in [9.17, 15) is 9.59 Å². The van der Waals surface area contributed by atoms with E-state index >= 15 is 0 Å². The van der Waals surface area contributed by atoms with E-state index in [1.54, 1.807) is 11.9 Å². The molecule has 37 heavy (non-hydrogen) atoms. The Balaban J connectivity index is 1.20. The van der Waals surface area contributed by atoms with Crippen LogP contribution in [0.5, 0.6) is 0 Å². The van der Waals surface area contributed by atoms with Gasteiger partial charge in [-0.3, -0.25) is 14.5 Å². The molecule has 3 N–H and O–H groups in total. The Morgan fingerprint density at radius 3 is 2.54 bits per heavy atom. The summed E-state index contributed by atoms with van der Waals surface area (Å²) in [6.07, 6.45) is 13.5. The lowest BCUT2D eigenvalue weighted by molar-refractivity contribution is -0.131. The van der Waals surface area contributed by atoms with Crippen LogP contribution in [0.2, 0.25) is 0 Å². The maximum absolute atomic E-state index is 13.4. The minimum absolute atomic E-state index is 0.0586. The number of fused-ring (bicyclic) bond motifs is 1. The van der Waals surface area contributed by atoms with E-state index in [1.165, 1.54) is 37.5 Å². The van der Waals surface area contributed by atoms with Crippen LogP contribution in [-0.2, 0) is 16.0 Å². The van der Waals surface area contributed by atoms with Crippen molar-refractivity contribution in [1.82, 2.24) is 10.2 Å². The fourth-order valence-electron chi connectivity index (χ4n) is 6.97. The number of hydrogen-bond acceptors (Lipinski definition) is 4. The van der Waals surface area contributed by atoms with Gasteiger partial charge in [0.25, 0.3) is 5.91 Å². The van der Waals surface area contributed by atoms with Crippen LogP contribution in [0.4, 0.5) is 0 Å². The Kier molecular flexibility index (Phi) is 7.82. The van der Waals surface area contributed by atoms with Crippen molar-refractivity contribution in [3.8, 4) is 0 Å². The van der Waals surface area contributed by atoms with Gasteiger partial charge in [-0.25, -0.2) is 4.99 Å². The van der Waals surface area contributed by atoms with Gasteiger partial charge in [-0.15, -0.1) is 0 Å². The first-order valence-electron chi connectivity index (χ1n) is 14.3. The van der Waals surface area contributed by atoms with Gasteiger partial charge in [0.05, 0.1) is 6.42 Å². The SMILES string of the molecule is CN1C(=O)[C@@](CCC2CCCCC2)(C[C@H]2CCCC(NC(=O)Cc3ccc4ccccc4c3)C2)N=C1N. The van der Waals surface area contributed by atoms with Crippen molar-refractivity contribution >= 4 is 28.5 Å². The summed E-state index contributed by atoms with van der Waals surface area (Å²) in [4.78, 5) is 32.7. The van der Waals surface area contributed by atoms with Crippen molar-refractivity contribution in [2.75, 3.05) is 7.05 Å². The Labute approximate surface area is 221 Å². The summed E-state index contributed by atoms with van der Waals surface area (Å²) in [5, 5.41) is 5.65. The second-order valence-electron chi connectivity index (χ2n) is 11.8. The highest BCUT2D eigenvalue weighted by molar-refractivity contribution is 6.06. The molecule has 0 aromatic heterocycles. The molecule has 198 valence electrons. The third kappa shape index (κ3) is 6.00. The minimum Gasteiger partial charge on any atom is -0.369 e. The number of benzene rings is 2. The van der Waals surface area contributed by atoms with Crippen LogP contribution in [0.15, 0.2) is 47.5 Å². The fourth-order valence-corrected chi connectivity index (χ4v) is 6.97. The largest absolute Gasteiger partial charge is 0.369 e. The van der Waals surface area contributed by atoms with Gasteiger partial charge in [0.2, 0.25) is 5.91 Å². The molecule has 2 saturated carbocycles.